The zero-order valence-corrected chi connectivity index (χ0v) is 11.9. The fourth-order valence-electron chi connectivity index (χ4n) is 1.09. The molecule has 2 aromatic heterocycles. The van der Waals surface area contributed by atoms with Gasteiger partial charge in [0.15, 0.2) is 5.16 Å². The molecule has 4 nitrogen and oxygen atoms in total. The number of hydrogen-bond acceptors (Lipinski definition) is 5. The van der Waals surface area contributed by atoms with Crippen molar-refractivity contribution in [3.05, 3.63) is 34.2 Å². The number of nitrogens with zero attached hydrogens (tertiary/aromatic N) is 3. The van der Waals surface area contributed by atoms with Crippen LogP contribution in [-0.2, 0) is 0 Å². The molecule has 0 bridgehead atoms. The van der Waals surface area contributed by atoms with Crippen LogP contribution in [0, 0.1) is 0 Å². The Morgan fingerprint density at radius 3 is 2.82 bits per heavy atom. The van der Waals surface area contributed by atoms with Crippen LogP contribution >= 0.6 is 39.3 Å². The van der Waals surface area contributed by atoms with E-state index in [1.165, 1.54) is 11.8 Å². The Morgan fingerprint density at radius 2 is 2.12 bits per heavy atom. The molecule has 0 aliphatic heterocycles. The van der Waals surface area contributed by atoms with E-state index in [4.69, 9.17) is 16.3 Å². The summed E-state index contributed by atoms with van der Waals surface area (Å²) in [6.45, 7) is 0. The molecule has 0 saturated heterocycles. The zero-order chi connectivity index (χ0) is 12.3. The molecular weight excluding hydrogens is 326 g/mol. The zero-order valence-electron chi connectivity index (χ0n) is 8.72. The molecule has 0 fully saturated rings. The van der Waals surface area contributed by atoms with E-state index in [0.29, 0.717) is 21.9 Å². The number of ether oxygens (including phenoxy) is 1. The van der Waals surface area contributed by atoms with Gasteiger partial charge in [-0.25, -0.2) is 4.98 Å². The molecule has 0 aromatic carbocycles. The van der Waals surface area contributed by atoms with Gasteiger partial charge in [-0.15, -0.1) is 0 Å². The molecule has 17 heavy (non-hydrogen) atoms. The maximum atomic E-state index is 5.86. The Hall–Kier alpha value is -0.850. The van der Waals surface area contributed by atoms with Crippen LogP contribution in [0.3, 0.4) is 0 Å². The summed E-state index contributed by atoms with van der Waals surface area (Å²) in [7, 11) is 0. The van der Waals surface area contributed by atoms with Crippen LogP contribution in [0.4, 0.5) is 0 Å². The highest BCUT2D eigenvalue weighted by Crippen LogP contribution is 2.25. The van der Waals surface area contributed by atoms with Crippen molar-refractivity contribution >= 4 is 39.3 Å². The lowest BCUT2D eigenvalue weighted by atomic mass is 10.5. The van der Waals surface area contributed by atoms with Gasteiger partial charge in [-0.2, -0.15) is 4.98 Å². The van der Waals surface area contributed by atoms with Crippen molar-refractivity contribution < 1.29 is 4.74 Å². The summed E-state index contributed by atoms with van der Waals surface area (Å²) in [5, 5.41) is 0.915. The summed E-state index contributed by atoms with van der Waals surface area (Å²) in [6.07, 6.45) is 5.14. The maximum absolute atomic E-state index is 5.86. The van der Waals surface area contributed by atoms with Crippen molar-refractivity contribution in [1.29, 1.82) is 0 Å². The molecule has 0 saturated carbocycles. The van der Waals surface area contributed by atoms with E-state index >= 15 is 0 Å². The standard InChI is InChI=1S/C10H7BrClN3OS/c1-17-10-14-8(12)3-9(15-10)16-7-2-6(11)4-13-5-7/h2-5H,1H3. The summed E-state index contributed by atoms with van der Waals surface area (Å²) < 4.78 is 6.37. The number of pyridine rings is 1. The second-order valence-electron chi connectivity index (χ2n) is 2.96. The summed E-state index contributed by atoms with van der Waals surface area (Å²) in [4.78, 5) is 12.2. The van der Waals surface area contributed by atoms with E-state index in [1.54, 1.807) is 24.5 Å². The lowest BCUT2D eigenvalue weighted by Gasteiger charge is -2.05. The van der Waals surface area contributed by atoms with Crippen LogP contribution in [0.2, 0.25) is 5.15 Å². The minimum absolute atomic E-state index is 0.349. The molecule has 0 aliphatic rings. The summed E-state index contributed by atoms with van der Waals surface area (Å²) >= 11 is 10.6. The molecule has 0 amide bonds. The lowest BCUT2D eigenvalue weighted by Crippen LogP contribution is -1.93. The number of hydrogen-bond donors (Lipinski definition) is 0. The number of halogens is 2. The Morgan fingerprint density at radius 1 is 1.29 bits per heavy atom. The molecule has 0 radical (unpaired) electrons. The molecule has 0 unspecified atom stereocenters. The average Bonchev–Trinajstić information content (AvgIpc) is 2.28. The lowest BCUT2D eigenvalue weighted by molar-refractivity contribution is 0.453. The quantitative estimate of drug-likeness (QED) is 0.486. The number of thioether (sulfide) groups is 1. The van der Waals surface area contributed by atoms with Crippen LogP contribution in [0.15, 0.2) is 34.2 Å². The van der Waals surface area contributed by atoms with Crippen LogP contribution in [0.25, 0.3) is 0 Å². The number of aromatic nitrogens is 3. The third-order valence-corrected chi connectivity index (χ3v) is 2.91. The summed E-state index contributed by atoms with van der Waals surface area (Å²) in [5.41, 5.74) is 0. The largest absolute Gasteiger partial charge is 0.437 e. The van der Waals surface area contributed by atoms with Gasteiger partial charge in [0, 0.05) is 16.7 Å². The second-order valence-corrected chi connectivity index (χ2v) is 5.03. The Balaban J connectivity index is 2.26. The highest BCUT2D eigenvalue weighted by molar-refractivity contribution is 9.10. The molecule has 0 spiro atoms. The monoisotopic (exact) mass is 331 g/mol. The molecular formula is C10H7BrClN3OS. The van der Waals surface area contributed by atoms with Crippen molar-refractivity contribution in [3.8, 4) is 11.6 Å². The van der Waals surface area contributed by atoms with E-state index < -0.39 is 0 Å². The predicted molar refractivity (Wildman–Crippen MR) is 70.8 cm³/mol. The van der Waals surface area contributed by atoms with Crippen LogP contribution in [0.5, 0.6) is 11.6 Å². The Labute approximate surface area is 116 Å². The van der Waals surface area contributed by atoms with Gasteiger partial charge < -0.3 is 4.74 Å². The highest BCUT2D eigenvalue weighted by atomic mass is 79.9. The van der Waals surface area contributed by atoms with Gasteiger partial charge in [-0.1, -0.05) is 23.4 Å². The van der Waals surface area contributed by atoms with Crippen LogP contribution in [0.1, 0.15) is 0 Å². The minimum Gasteiger partial charge on any atom is -0.437 e. The fourth-order valence-corrected chi connectivity index (χ4v) is 2.03. The molecule has 88 valence electrons. The van der Waals surface area contributed by atoms with Crippen molar-refractivity contribution in [2.45, 2.75) is 5.16 Å². The van der Waals surface area contributed by atoms with Gasteiger partial charge in [0.05, 0.1) is 6.20 Å². The van der Waals surface area contributed by atoms with E-state index in [1.807, 2.05) is 6.26 Å². The van der Waals surface area contributed by atoms with E-state index in [9.17, 15) is 0 Å². The van der Waals surface area contributed by atoms with Crippen molar-refractivity contribution in [2.75, 3.05) is 6.26 Å². The Kier molecular flexibility index (Phi) is 4.20. The topological polar surface area (TPSA) is 47.9 Å². The molecule has 2 aromatic rings. The Bertz CT molecular complexity index is 541. The molecule has 0 N–H and O–H groups in total. The van der Waals surface area contributed by atoms with Crippen molar-refractivity contribution in [3.63, 3.8) is 0 Å². The summed E-state index contributed by atoms with van der Waals surface area (Å²) in [5.74, 6) is 0.982. The van der Waals surface area contributed by atoms with Crippen molar-refractivity contribution in [2.24, 2.45) is 0 Å². The fraction of sp³-hybridized carbons (Fsp3) is 0.100. The van der Waals surface area contributed by atoms with Gasteiger partial charge in [-0.3, -0.25) is 4.98 Å². The first-order valence-corrected chi connectivity index (χ1v) is 6.94. The van der Waals surface area contributed by atoms with Gasteiger partial charge in [0.2, 0.25) is 5.88 Å². The van der Waals surface area contributed by atoms with E-state index in [-0.39, 0.29) is 0 Å². The smallest absolute Gasteiger partial charge is 0.224 e. The molecule has 0 aliphatic carbocycles. The van der Waals surface area contributed by atoms with Crippen LogP contribution in [-0.4, -0.2) is 21.2 Å². The second kappa shape index (κ2) is 5.66. The van der Waals surface area contributed by atoms with Crippen LogP contribution < -0.4 is 4.74 Å². The normalized spacial score (nSPS) is 10.3. The highest BCUT2D eigenvalue weighted by Gasteiger charge is 2.05. The van der Waals surface area contributed by atoms with Gasteiger partial charge in [-0.05, 0) is 28.3 Å². The first-order valence-electron chi connectivity index (χ1n) is 4.54. The first-order chi connectivity index (χ1) is 8.17. The molecule has 7 heteroatoms. The average molecular weight is 333 g/mol. The van der Waals surface area contributed by atoms with Gasteiger partial charge in [0.25, 0.3) is 0 Å². The molecule has 2 rings (SSSR count). The predicted octanol–water partition coefficient (Wildman–Crippen LogP) is 3.80. The minimum atomic E-state index is 0.349. The van der Waals surface area contributed by atoms with E-state index in [2.05, 4.69) is 30.9 Å². The third kappa shape index (κ3) is 3.55. The first kappa shape index (κ1) is 12.6. The SMILES string of the molecule is CSc1nc(Cl)cc(Oc2cncc(Br)c2)n1. The maximum Gasteiger partial charge on any atom is 0.224 e. The number of rotatable bonds is 3. The third-order valence-electron chi connectivity index (χ3n) is 1.74. The van der Waals surface area contributed by atoms with Gasteiger partial charge in [0.1, 0.15) is 10.9 Å². The van der Waals surface area contributed by atoms with Gasteiger partial charge >= 0.3 is 0 Å². The molecule has 0 atom stereocenters. The molecule has 2 heterocycles. The van der Waals surface area contributed by atoms with E-state index in [0.717, 1.165) is 4.47 Å². The summed E-state index contributed by atoms with van der Waals surface area (Å²) in [6, 6.07) is 3.35. The van der Waals surface area contributed by atoms with Crippen molar-refractivity contribution in [1.82, 2.24) is 15.0 Å².